The Hall–Kier alpha value is -1.41. The highest BCUT2D eigenvalue weighted by molar-refractivity contribution is 6.01. The molecule has 0 radical (unpaired) electrons. The molecule has 4 rings (SSSR count). The molecule has 7 atom stereocenters. The highest BCUT2D eigenvalue weighted by atomic mass is 19.1. The summed E-state index contributed by atoms with van der Waals surface area (Å²) < 4.78 is 22.1. The summed E-state index contributed by atoms with van der Waals surface area (Å²) in [6.45, 7) is 4.78. The maximum absolute atomic E-state index is 16.8. The van der Waals surface area contributed by atoms with E-state index in [-0.39, 0.29) is 30.5 Å². The van der Waals surface area contributed by atoms with Crippen molar-refractivity contribution < 1.29 is 34.0 Å². The van der Waals surface area contributed by atoms with Crippen molar-refractivity contribution in [1.29, 1.82) is 0 Å². The van der Waals surface area contributed by atoms with Crippen LogP contribution >= 0.6 is 0 Å². The van der Waals surface area contributed by atoms with Crippen LogP contribution in [0.25, 0.3) is 0 Å². The van der Waals surface area contributed by atoms with Crippen molar-refractivity contribution in [2.75, 3.05) is 6.61 Å². The quantitative estimate of drug-likeness (QED) is 0.572. The van der Waals surface area contributed by atoms with Gasteiger partial charge in [-0.1, -0.05) is 18.6 Å². The summed E-state index contributed by atoms with van der Waals surface area (Å²) in [5.41, 5.74) is -3.93. The zero-order valence-corrected chi connectivity index (χ0v) is 18.4. The fourth-order valence-corrected chi connectivity index (χ4v) is 6.98. The highest BCUT2D eigenvalue weighted by Crippen LogP contribution is 2.69. The minimum Gasteiger partial charge on any atom is -0.381 e. The van der Waals surface area contributed by atoms with Crippen LogP contribution in [-0.2, 0) is 14.3 Å². The van der Waals surface area contributed by atoms with Gasteiger partial charge in [0.25, 0.3) is 0 Å². The molecule has 0 heterocycles. The minimum absolute atomic E-state index is 0.0989. The Morgan fingerprint density at radius 2 is 1.94 bits per heavy atom. The standard InChI is InChI=1S/C24H33FO6/c1-14(20(28)29)31-13-19(27)24(30)9-7-17-18-5-4-15-12-16(26)6-8-21(15,2)23(18,25)11-10-22(17,24)3/h6,8,12,14,17-18,20,28-30H,4-5,7,9-11,13H2,1-3H3/t14?,17-,18-,21-,22-,23+,24-/m0/s1. The van der Waals surface area contributed by atoms with Gasteiger partial charge >= 0.3 is 0 Å². The molecular formula is C24H33FO6. The Morgan fingerprint density at radius 1 is 1.23 bits per heavy atom. The molecule has 7 heteroatoms. The number of hydrogen-bond donors (Lipinski definition) is 3. The van der Waals surface area contributed by atoms with Crippen LogP contribution in [0.1, 0.15) is 59.3 Å². The van der Waals surface area contributed by atoms with Crippen molar-refractivity contribution in [2.24, 2.45) is 22.7 Å². The van der Waals surface area contributed by atoms with Gasteiger partial charge in [0.05, 0.1) is 0 Å². The van der Waals surface area contributed by atoms with Crippen LogP contribution < -0.4 is 0 Å². The molecule has 31 heavy (non-hydrogen) atoms. The van der Waals surface area contributed by atoms with Crippen molar-refractivity contribution in [3.05, 3.63) is 23.8 Å². The average molecular weight is 437 g/mol. The van der Waals surface area contributed by atoms with Gasteiger partial charge in [-0.05, 0) is 76.4 Å². The number of aliphatic hydroxyl groups excluding tert-OH is 1. The van der Waals surface area contributed by atoms with E-state index in [1.54, 1.807) is 12.2 Å². The van der Waals surface area contributed by atoms with Gasteiger partial charge in [0, 0.05) is 10.8 Å². The third-order valence-corrected chi connectivity index (χ3v) is 9.17. The minimum atomic E-state index is -1.71. The van der Waals surface area contributed by atoms with Crippen molar-refractivity contribution in [3.8, 4) is 0 Å². The van der Waals surface area contributed by atoms with Crippen LogP contribution in [0.2, 0.25) is 0 Å². The third-order valence-electron chi connectivity index (χ3n) is 9.17. The molecule has 3 N–H and O–H groups in total. The number of alkyl halides is 1. The lowest BCUT2D eigenvalue weighted by atomic mass is 9.45. The van der Waals surface area contributed by atoms with Gasteiger partial charge in [-0.2, -0.15) is 0 Å². The fraction of sp³-hybridized carbons (Fsp3) is 0.750. The molecule has 0 spiro atoms. The van der Waals surface area contributed by atoms with Gasteiger partial charge in [-0.3, -0.25) is 9.59 Å². The Balaban J connectivity index is 1.60. The van der Waals surface area contributed by atoms with Gasteiger partial charge in [-0.15, -0.1) is 0 Å². The zero-order chi connectivity index (χ0) is 22.8. The maximum atomic E-state index is 16.8. The molecule has 0 aromatic rings. The molecule has 3 saturated carbocycles. The first-order chi connectivity index (χ1) is 14.4. The second kappa shape index (κ2) is 7.30. The number of ketones is 2. The normalized spacial score (nSPS) is 45.0. The fourth-order valence-electron chi connectivity index (χ4n) is 6.98. The number of allylic oxidation sites excluding steroid dienone is 4. The number of rotatable bonds is 5. The summed E-state index contributed by atoms with van der Waals surface area (Å²) in [6, 6.07) is 0. The first-order valence-electron chi connectivity index (χ1n) is 11.3. The van der Waals surface area contributed by atoms with E-state index >= 15 is 4.39 Å². The largest absolute Gasteiger partial charge is 0.381 e. The van der Waals surface area contributed by atoms with Crippen LogP contribution in [0.4, 0.5) is 4.39 Å². The van der Waals surface area contributed by atoms with Gasteiger partial charge in [-0.25, -0.2) is 4.39 Å². The van der Waals surface area contributed by atoms with Crippen LogP contribution in [0.5, 0.6) is 0 Å². The van der Waals surface area contributed by atoms with Crippen molar-refractivity contribution in [1.82, 2.24) is 0 Å². The second-order valence-electron chi connectivity index (χ2n) is 10.4. The monoisotopic (exact) mass is 436 g/mol. The lowest BCUT2D eigenvalue weighted by Crippen LogP contribution is -2.63. The van der Waals surface area contributed by atoms with Crippen LogP contribution in [0.3, 0.4) is 0 Å². The maximum Gasteiger partial charge on any atom is 0.190 e. The Morgan fingerprint density at radius 3 is 2.61 bits per heavy atom. The van der Waals surface area contributed by atoms with Gasteiger partial charge in [0.2, 0.25) is 0 Å². The number of carbonyl (C=O) groups is 2. The zero-order valence-electron chi connectivity index (χ0n) is 18.4. The molecular weight excluding hydrogens is 403 g/mol. The van der Waals surface area contributed by atoms with E-state index < -0.39 is 46.9 Å². The van der Waals surface area contributed by atoms with Gasteiger partial charge < -0.3 is 20.1 Å². The molecule has 0 amide bonds. The lowest BCUT2D eigenvalue weighted by Gasteiger charge is -2.60. The number of aliphatic hydroxyl groups is 3. The number of hydrogen-bond acceptors (Lipinski definition) is 6. The predicted molar refractivity (Wildman–Crippen MR) is 111 cm³/mol. The molecule has 0 aromatic carbocycles. The predicted octanol–water partition coefficient (Wildman–Crippen LogP) is 2.40. The second-order valence-corrected chi connectivity index (χ2v) is 10.4. The molecule has 3 fully saturated rings. The average Bonchev–Trinajstić information content (AvgIpc) is 2.99. The summed E-state index contributed by atoms with van der Waals surface area (Å²) in [7, 11) is 0. The molecule has 0 aliphatic heterocycles. The summed E-state index contributed by atoms with van der Waals surface area (Å²) >= 11 is 0. The molecule has 4 aliphatic rings. The van der Waals surface area contributed by atoms with Crippen LogP contribution in [-0.4, -0.2) is 57.2 Å². The Bertz CT molecular complexity index is 851. The van der Waals surface area contributed by atoms with E-state index in [0.717, 1.165) is 5.57 Å². The number of Topliss-reactive ketones (excluding diaryl/α,β-unsaturated/α-hetero) is 1. The Kier molecular flexibility index (Phi) is 5.36. The molecule has 0 aromatic heterocycles. The summed E-state index contributed by atoms with van der Waals surface area (Å²) in [4.78, 5) is 24.9. The topological polar surface area (TPSA) is 104 Å². The van der Waals surface area contributed by atoms with E-state index in [1.165, 1.54) is 13.0 Å². The number of ether oxygens (including phenoxy) is 1. The van der Waals surface area contributed by atoms with E-state index in [1.807, 2.05) is 13.8 Å². The summed E-state index contributed by atoms with van der Waals surface area (Å²) in [5.74, 6) is -1.06. The van der Waals surface area contributed by atoms with Gasteiger partial charge in [0.15, 0.2) is 17.9 Å². The van der Waals surface area contributed by atoms with Gasteiger partial charge in [0.1, 0.15) is 24.0 Å². The molecule has 0 bridgehead atoms. The summed E-state index contributed by atoms with van der Waals surface area (Å²) in [5, 5.41) is 29.9. The molecule has 4 aliphatic carbocycles. The first-order valence-corrected chi connectivity index (χ1v) is 11.3. The Labute approximate surface area is 182 Å². The van der Waals surface area contributed by atoms with E-state index in [2.05, 4.69) is 0 Å². The summed E-state index contributed by atoms with van der Waals surface area (Å²) in [6.07, 6.45) is 4.68. The number of halogens is 1. The van der Waals surface area contributed by atoms with E-state index in [9.17, 15) is 24.9 Å². The van der Waals surface area contributed by atoms with Crippen molar-refractivity contribution in [2.45, 2.75) is 83.0 Å². The number of fused-ring (bicyclic) bond motifs is 5. The number of carbonyl (C=O) groups excluding carboxylic acids is 2. The third kappa shape index (κ3) is 3.04. The first kappa shape index (κ1) is 22.8. The van der Waals surface area contributed by atoms with E-state index in [4.69, 9.17) is 4.74 Å². The van der Waals surface area contributed by atoms with Crippen LogP contribution in [0.15, 0.2) is 23.8 Å². The molecule has 0 saturated heterocycles. The highest BCUT2D eigenvalue weighted by Gasteiger charge is 2.71. The lowest BCUT2D eigenvalue weighted by molar-refractivity contribution is -0.185. The molecule has 6 nitrogen and oxygen atoms in total. The molecule has 1 unspecified atom stereocenters. The van der Waals surface area contributed by atoms with Crippen molar-refractivity contribution >= 4 is 11.6 Å². The van der Waals surface area contributed by atoms with Crippen molar-refractivity contribution in [3.63, 3.8) is 0 Å². The van der Waals surface area contributed by atoms with E-state index in [0.29, 0.717) is 25.7 Å². The molecule has 172 valence electrons. The SMILES string of the molecule is CC(OCC(=O)[C@@]1(O)CC[C@H]2[C@@H]3CCC4=CC(=O)C=C[C@]4(C)[C@@]3(F)CC[C@@]21C)C(O)O. The van der Waals surface area contributed by atoms with Crippen LogP contribution in [0, 0.1) is 22.7 Å². The smallest absolute Gasteiger partial charge is 0.190 e.